The fourth-order valence-corrected chi connectivity index (χ4v) is 6.02. The number of likely N-dealkylation sites (tertiary alicyclic amines) is 1. The van der Waals surface area contributed by atoms with E-state index < -0.39 is 35.0 Å². The highest BCUT2D eigenvalue weighted by molar-refractivity contribution is 6.33. The number of carbonyl (C=O) groups excluding carboxylic acids is 3. The van der Waals surface area contributed by atoms with Crippen molar-refractivity contribution in [2.45, 2.75) is 43.9 Å². The van der Waals surface area contributed by atoms with E-state index in [1.807, 2.05) is 13.8 Å². The zero-order valence-electron chi connectivity index (χ0n) is 17.9. The van der Waals surface area contributed by atoms with Gasteiger partial charge in [-0.3, -0.25) is 14.4 Å². The lowest BCUT2D eigenvalue weighted by molar-refractivity contribution is -0.146. The van der Waals surface area contributed by atoms with E-state index in [-0.39, 0.29) is 30.9 Å². The number of carbonyl (C=O) groups is 3. The standard InChI is InChI=1S/C22H28ClN3O5/c1-12-11-22-16(15(18(28)24-3)21(12,2)31-22)20(30)26(9-6-10-27)17(22)19(29)25-14-8-5-4-7-13(14)23/h4-5,7-8,12,15-17,27H,6,9-11H2,1-3H3,(H,24,28)(H,25,29)/t12?,15-,16+,17?,21+,22?/m1/s1. The molecule has 3 unspecified atom stereocenters. The Morgan fingerprint density at radius 1 is 1.32 bits per heavy atom. The van der Waals surface area contributed by atoms with Gasteiger partial charge < -0.3 is 25.4 Å². The van der Waals surface area contributed by atoms with Crippen LogP contribution in [-0.4, -0.2) is 65.2 Å². The molecule has 0 aromatic heterocycles. The summed E-state index contributed by atoms with van der Waals surface area (Å²) in [4.78, 5) is 41.5. The van der Waals surface area contributed by atoms with Crippen molar-refractivity contribution in [3.05, 3.63) is 29.3 Å². The van der Waals surface area contributed by atoms with Crippen molar-refractivity contribution in [2.24, 2.45) is 17.8 Å². The first-order valence-corrected chi connectivity index (χ1v) is 11.0. The highest BCUT2D eigenvalue weighted by Gasteiger charge is 2.79. The van der Waals surface area contributed by atoms with Crippen LogP contribution in [0.5, 0.6) is 0 Å². The molecule has 1 aromatic rings. The summed E-state index contributed by atoms with van der Waals surface area (Å²) < 4.78 is 6.52. The van der Waals surface area contributed by atoms with Gasteiger partial charge in [0.1, 0.15) is 11.6 Å². The Labute approximate surface area is 186 Å². The first-order chi connectivity index (χ1) is 14.7. The van der Waals surface area contributed by atoms with Crippen molar-refractivity contribution in [1.82, 2.24) is 10.2 Å². The number of amides is 3. The van der Waals surface area contributed by atoms with Crippen LogP contribution in [0.2, 0.25) is 5.02 Å². The molecule has 3 fully saturated rings. The number of nitrogens with zero attached hydrogens (tertiary/aromatic N) is 1. The zero-order chi connectivity index (χ0) is 22.6. The quantitative estimate of drug-likeness (QED) is 0.608. The predicted octanol–water partition coefficient (Wildman–Crippen LogP) is 1.42. The number of halogens is 1. The van der Waals surface area contributed by atoms with Gasteiger partial charge in [0.2, 0.25) is 17.7 Å². The Morgan fingerprint density at radius 3 is 2.68 bits per heavy atom. The fourth-order valence-electron chi connectivity index (χ4n) is 5.84. The summed E-state index contributed by atoms with van der Waals surface area (Å²) >= 11 is 6.23. The summed E-state index contributed by atoms with van der Waals surface area (Å²) in [5, 5.41) is 15.3. The molecule has 3 amide bonds. The molecule has 0 aliphatic carbocycles. The van der Waals surface area contributed by atoms with Gasteiger partial charge in [0, 0.05) is 20.2 Å². The number of anilines is 1. The van der Waals surface area contributed by atoms with Crippen LogP contribution in [0, 0.1) is 17.8 Å². The van der Waals surface area contributed by atoms with E-state index >= 15 is 0 Å². The SMILES string of the molecule is CNC(=O)[C@H]1[C@H]2C(=O)N(CCCO)C(C(=O)Nc3ccccc3Cl)C23CC(C)[C@]1(C)O3. The molecule has 3 aliphatic rings. The second-order valence-electron chi connectivity index (χ2n) is 8.90. The summed E-state index contributed by atoms with van der Waals surface area (Å²) in [6.07, 6.45) is 0.811. The minimum atomic E-state index is -1.11. The molecule has 3 aliphatic heterocycles. The van der Waals surface area contributed by atoms with E-state index in [0.717, 1.165) is 0 Å². The lowest BCUT2D eigenvalue weighted by Crippen LogP contribution is -2.54. The number of hydrogen-bond donors (Lipinski definition) is 3. The van der Waals surface area contributed by atoms with Crippen molar-refractivity contribution < 1.29 is 24.2 Å². The first kappa shape index (κ1) is 22.0. The number of nitrogens with one attached hydrogen (secondary N) is 2. The van der Waals surface area contributed by atoms with Crippen LogP contribution >= 0.6 is 11.6 Å². The third-order valence-electron chi connectivity index (χ3n) is 7.28. The number of hydrogen-bond acceptors (Lipinski definition) is 5. The third-order valence-corrected chi connectivity index (χ3v) is 7.61. The predicted molar refractivity (Wildman–Crippen MR) is 114 cm³/mol. The number of ether oxygens (including phenoxy) is 1. The van der Waals surface area contributed by atoms with Gasteiger partial charge in [0.25, 0.3) is 0 Å². The molecular weight excluding hydrogens is 422 g/mol. The zero-order valence-corrected chi connectivity index (χ0v) is 18.6. The Bertz CT molecular complexity index is 926. The van der Waals surface area contributed by atoms with Crippen molar-refractivity contribution in [3.63, 3.8) is 0 Å². The smallest absolute Gasteiger partial charge is 0.250 e. The van der Waals surface area contributed by atoms with Gasteiger partial charge in [-0.25, -0.2) is 0 Å². The largest absolute Gasteiger partial charge is 0.396 e. The summed E-state index contributed by atoms with van der Waals surface area (Å²) in [7, 11) is 1.54. The van der Waals surface area contributed by atoms with Crippen LogP contribution in [-0.2, 0) is 19.1 Å². The Balaban J connectivity index is 1.77. The second-order valence-corrected chi connectivity index (χ2v) is 9.30. The van der Waals surface area contributed by atoms with Crippen LogP contribution < -0.4 is 10.6 Å². The molecule has 2 bridgehead atoms. The molecule has 3 N–H and O–H groups in total. The molecule has 31 heavy (non-hydrogen) atoms. The topological polar surface area (TPSA) is 108 Å². The molecule has 3 heterocycles. The maximum Gasteiger partial charge on any atom is 0.250 e. The number of benzene rings is 1. The van der Waals surface area contributed by atoms with E-state index in [0.29, 0.717) is 23.6 Å². The number of aliphatic hydroxyl groups is 1. The molecule has 6 atom stereocenters. The molecule has 9 heteroatoms. The molecule has 168 valence electrons. The number of para-hydroxylation sites is 1. The molecule has 1 aromatic carbocycles. The maximum atomic E-state index is 13.6. The van der Waals surface area contributed by atoms with Gasteiger partial charge in [-0.15, -0.1) is 0 Å². The fraction of sp³-hybridized carbons (Fsp3) is 0.591. The third kappa shape index (κ3) is 3.07. The number of rotatable bonds is 6. The van der Waals surface area contributed by atoms with Crippen molar-refractivity contribution >= 4 is 35.0 Å². The summed E-state index contributed by atoms with van der Waals surface area (Å²) in [6.45, 7) is 3.93. The van der Waals surface area contributed by atoms with E-state index in [9.17, 15) is 19.5 Å². The number of aliphatic hydroxyl groups excluding tert-OH is 1. The summed E-state index contributed by atoms with van der Waals surface area (Å²) in [5.41, 5.74) is -1.51. The lowest BCUT2D eigenvalue weighted by Gasteiger charge is -2.36. The molecule has 8 nitrogen and oxygen atoms in total. The molecular formula is C22H28ClN3O5. The minimum Gasteiger partial charge on any atom is -0.396 e. The lowest BCUT2D eigenvalue weighted by atomic mass is 9.62. The first-order valence-electron chi connectivity index (χ1n) is 10.6. The van der Waals surface area contributed by atoms with Crippen molar-refractivity contribution in [3.8, 4) is 0 Å². The van der Waals surface area contributed by atoms with Gasteiger partial charge in [-0.2, -0.15) is 0 Å². The Morgan fingerprint density at radius 2 is 2.03 bits per heavy atom. The van der Waals surface area contributed by atoms with Gasteiger partial charge in [0.15, 0.2) is 0 Å². The van der Waals surface area contributed by atoms with Crippen molar-refractivity contribution in [2.75, 3.05) is 25.5 Å². The van der Waals surface area contributed by atoms with E-state index in [4.69, 9.17) is 16.3 Å². The Kier molecular flexibility index (Phi) is 5.52. The molecule has 3 saturated heterocycles. The average molecular weight is 450 g/mol. The highest BCUT2D eigenvalue weighted by atomic mass is 35.5. The minimum absolute atomic E-state index is 0.0211. The monoisotopic (exact) mass is 449 g/mol. The van der Waals surface area contributed by atoms with Gasteiger partial charge in [-0.05, 0) is 37.8 Å². The van der Waals surface area contributed by atoms with Crippen LogP contribution in [0.25, 0.3) is 0 Å². The van der Waals surface area contributed by atoms with Gasteiger partial charge in [0.05, 0.1) is 28.1 Å². The van der Waals surface area contributed by atoms with Crippen LogP contribution in [0.15, 0.2) is 24.3 Å². The van der Waals surface area contributed by atoms with Crippen LogP contribution in [0.4, 0.5) is 5.69 Å². The van der Waals surface area contributed by atoms with Crippen molar-refractivity contribution in [1.29, 1.82) is 0 Å². The highest BCUT2D eigenvalue weighted by Crippen LogP contribution is 2.65. The van der Waals surface area contributed by atoms with Gasteiger partial charge in [-0.1, -0.05) is 30.7 Å². The summed E-state index contributed by atoms with van der Waals surface area (Å²) in [6, 6.07) is 5.95. The molecule has 0 saturated carbocycles. The molecule has 1 spiro atoms. The van der Waals surface area contributed by atoms with E-state index in [1.54, 1.807) is 31.3 Å². The van der Waals surface area contributed by atoms with Crippen LogP contribution in [0.3, 0.4) is 0 Å². The van der Waals surface area contributed by atoms with Crippen LogP contribution in [0.1, 0.15) is 26.7 Å². The molecule has 4 rings (SSSR count). The average Bonchev–Trinajstić information content (AvgIpc) is 3.24. The maximum absolute atomic E-state index is 13.6. The Hall–Kier alpha value is -2.16. The molecule has 0 radical (unpaired) electrons. The van der Waals surface area contributed by atoms with E-state index in [2.05, 4.69) is 10.6 Å². The second kappa shape index (κ2) is 7.76. The van der Waals surface area contributed by atoms with Gasteiger partial charge >= 0.3 is 0 Å². The van der Waals surface area contributed by atoms with E-state index in [1.165, 1.54) is 4.90 Å². The normalized spacial score (nSPS) is 35.9. The summed E-state index contributed by atoms with van der Waals surface area (Å²) in [5.74, 6) is -2.42. The number of fused-ring (bicyclic) bond motifs is 1.